The van der Waals surface area contributed by atoms with Gasteiger partial charge in [0.25, 0.3) is 10.2 Å². The Morgan fingerprint density at radius 1 is 1.24 bits per heavy atom. The third-order valence-corrected chi connectivity index (χ3v) is 6.33. The number of benzene rings is 1. The molecule has 6 heteroatoms. The average molecular weight is 311 g/mol. The molecule has 0 bridgehead atoms. The summed E-state index contributed by atoms with van der Waals surface area (Å²) < 4.78 is 28.3. The van der Waals surface area contributed by atoms with Crippen LogP contribution >= 0.6 is 0 Å². The second-order valence-corrected chi connectivity index (χ2v) is 7.99. The Balaban J connectivity index is 2.02. The molecule has 0 amide bonds. The molecule has 118 valence electrons. The van der Waals surface area contributed by atoms with Crippen LogP contribution in [-0.2, 0) is 16.8 Å². The predicted molar refractivity (Wildman–Crippen MR) is 85.1 cm³/mol. The Morgan fingerprint density at radius 2 is 1.81 bits per heavy atom. The molecule has 1 heterocycles. The summed E-state index contributed by atoms with van der Waals surface area (Å²) in [5.41, 5.74) is 1.05. The Bertz CT molecular complexity index is 552. The minimum Gasteiger partial charge on any atom is -0.314 e. The third-order valence-electron chi connectivity index (χ3n) is 4.40. The summed E-state index contributed by atoms with van der Waals surface area (Å²) in [7, 11) is 0.203. The Morgan fingerprint density at radius 3 is 2.33 bits per heavy atom. The zero-order valence-electron chi connectivity index (χ0n) is 13.0. The van der Waals surface area contributed by atoms with E-state index >= 15 is 0 Å². The molecule has 2 rings (SSSR count). The third kappa shape index (κ3) is 3.83. The molecular weight excluding hydrogens is 286 g/mol. The molecule has 1 aliphatic rings. The molecule has 1 saturated heterocycles. The summed E-state index contributed by atoms with van der Waals surface area (Å²) in [5, 5.41) is 3.29. The molecule has 0 unspecified atom stereocenters. The van der Waals surface area contributed by atoms with Crippen molar-refractivity contribution in [1.82, 2.24) is 13.9 Å². The van der Waals surface area contributed by atoms with Crippen LogP contribution in [0.4, 0.5) is 0 Å². The number of piperidine rings is 1. The lowest BCUT2D eigenvalue weighted by atomic mass is 9.91. The molecule has 1 aromatic rings. The van der Waals surface area contributed by atoms with E-state index in [1.54, 1.807) is 11.4 Å². The van der Waals surface area contributed by atoms with E-state index in [1.807, 2.05) is 37.4 Å². The summed E-state index contributed by atoms with van der Waals surface area (Å²) in [6.45, 7) is 3.69. The van der Waals surface area contributed by atoms with Crippen LogP contribution in [0.5, 0.6) is 0 Å². The molecule has 0 saturated carbocycles. The first-order valence-electron chi connectivity index (χ1n) is 7.32. The van der Waals surface area contributed by atoms with Crippen LogP contribution in [0.1, 0.15) is 25.3 Å². The fraction of sp³-hybridized carbons (Fsp3) is 0.600. The first kappa shape index (κ1) is 16.4. The maximum absolute atomic E-state index is 12.6. The molecule has 1 fully saturated rings. The summed E-state index contributed by atoms with van der Waals surface area (Å²) in [5.74, 6) is 0. The Kier molecular flexibility index (Phi) is 5.03. The van der Waals surface area contributed by atoms with Gasteiger partial charge >= 0.3 is 0 Å². The van der Waals surface area contributed by atoms with Gasteiger partial charge in [0.2, 0.25) is 0 Å². The topological polar surface area (TPSA) is 52.7 Å². The Labute approximate surface area is 128 Å². The van der Waals surface area contributed by atoms with Crippen molar-refractivity contribution in [2.45, 2.75) is 31.8 Å². The van der Waals surface area contributed by atoms with Crippen LogP contribution in [0.3, 0.4) is 0 Å². The van der Waals surface area contributed by atoms with Gasteiger partial charge in [0.15, 0.2) is 0 Å². The van der Waals surface area contributed by atoms with Crippen LogP contribution in [0.15, 0.2) is 30.3 Å². The van der Waals surface area contributed by atoms with E-state index in [2.05, 4.69) is 12.2 Å². The monoisotopic (exact) mass is 311 g/mol. The van der Waals surface area contributed by atoms with Crippen molar-refractivity contribution in [3.05, 3.63) is 35.9 Å². The number of rotatable bonds is 5. The molecule has 5 nitrogen and oxygen atoms in total. The standard InChI is InChI=1S/C15H25N3O2S/c1-15(16-2)9-11-18(12-10-15)21(19,20)17(3)13-14-7-5-4-6-8-14/h4-8,16H,9-13H2,1-3H3. The SMILES string of the molecule is CNC1(C)CCN(S(=O)(=O)N(C)Cc2ccccc2)CC1. The highest BCUT2D eigenvalue weighted by atomic mass is 32.2. The van der Waals surface area contributed by atoms with Crippen molar-refractivity contribution >= 4 is 10.2 Å². The zero-order valence-corrected chi connectivity index (χ0v) is 13.9. The van der Waals surface area contributed by atoms with Gasteiger partial charge in [0, 0.05) is 32.2 Å². The first-order valence-corrected chi connectivity index (χ1v) is 8.71. The maximum Gasteiger partial charge on any atom is 0.282 e. The highest BCUT2D eigenvalue weighted by Crippen LogP contribution is 2.24. The molecular formula is C15H25N3O2S. The van der Waals surface area contributed by atoms with E-state index in [0.29, 0.717) is 19.6 Å². The lowest BCUT2D eigenvalue weighted by Crippen LogP contribution is -2.53. The molecule has 0 atom stereocenters. The molecule has 0 aromatic heterocycles. The number of nitrogens with zero attached hydrogens (tertiary/aromatic N) is 2. The summed E-state index contributed by atoms with van der Waals surface area (Å²) in [6, 6.07) is 9.67. The van der Waals surface area contributed by atoms with E-state index in [4.69, 9.17) is 0 Å². The van der Waals surface area contributed by atoms with Crippen molar-refractivity contribution in [2.24, 2.45) is 0 Å². The largest absolute Gasteiger partial charge is 0.314 e. The maximum atomic E-state index is 12.6. The van der Waals surface area contributed by atoms with Gasteiger partial charge in [-0.15, -0.1) is 0 Å². The summed E-state index contributed by atoms with van der Waals surface area (Å²) in [4.78, 5) is 0. The minimum absolute atomic E-state index is 0.0457. The smallest absolute Gasteiger partial charge is 0.282 e. The van der Waals surface area contributed by atoms with E-state index in [0.717, 1.165) is 18.4 Å². The molecule has 1 aliphatic heterocycles. The van der Waals surface area contributed by atoms with Gasteiger partial charge < -0.3 is 5.32 Å². The molecule has 1 aromatic carbocycles. The normalized spacial score (nSPS) is 19.8. The number of hydrogen-bond acceptors (Lipinski definition) is 3. The van der Waals surface area contributed by atoms with Gasteiger partial charge in [-0.25, -0.2) is 0 Å². The van der Waals surface area contributed by atoms with Crippen molar-refractivity contribution in [3.63, 3.8) is 0 Å². The number of nitrogens with one attached hydrogen (secondary N) is 1. The molecule has 0 spiro atoms. The van der Waals surface area contributed by atoms with Crippen LogP contribution < -0.4 is 5.32 Å². The number of hydrogen-bond donors (Lipinski definition) is 1. The average Bonchev–Trinajstić information content (AvgIpc) is 2.48. The van der Waals surface area contributed by atoms with Gasteiger partial charge in [0.05, 0.1) is 0 Å². The predicted octanol–water partition coefficient (Wildman–Crippen LogP) is 1.44. The van der Waals surface area contributed by atoms with Crippen LogP contribution in [0.25, 0.3) is 0 Å². The Hall–Kier alpha value is -0.950. The van der Waals surface area contributed by atoms with Gasteiger partial charge in [-0.1, -0.05) is 30.3 Å². The van der Waals surface area contributed by atoms with Crippen LogP contribution in [-0.4, -0.2) is 49.8 Å². The lowest BCUT2D eigenvalue weighted by Gasteiger charge is -2.39. The molecule has 21 heavy (non-hydrogen) atoms. The fourth-order valence-corrected chi connectivity index (χ4v) is 3.93. The van der Waals surface area contributed by atoms with E-state index in [1.165, 1.54) is 4.31 Å². The van der Waals surface area contributed by atoms with Gasteiger partial charge in [0.1, 0.15) is 0 Å². The van der Waals surface area contributed by atoms with Crippen molar-refractivity contribution in [2.75, 3.05) is 27.2 Å². The summed E-state index contributed by atoms with van der Waals surface area (Å²) in [6.07, 6.45) is 1.67. The second-order valence-electron chi connectivity index (χ2n) is 5.96. The van der Waals surface area contributed by atoms with E-state index in [9.17, 15) is 8.42 Å². The lowest BCUT2D eigenvalue weighted by molar-refractivity contribution is 0.211. The van der Waals surface area contributed by atoms with Gasteiger partial charge in [-0.2, -0.15) is 17.0 Å². The van der Waals surface area contributed by atoms with Crippen LogP contribution in [0.2, 0.25) is 0 Å². The highest BCUT2D eigenvalue weighted by molar-refractivity contribution is 7.86. The van der Waals surface area contributed by atoms with Crippen molar-refractivity contribution in [3.8, 4) is 0 Å². The zero-order chi connectivity index (χ0) is 15.5. The van der Waals surface area contributed by atoms with E-state index in [-0.39, 0.29) is 5.54 Å². The fourth-order valence-electron chi connectivity index (χ4n) is 2.58. The summed E-state index contributed by atoms with van der Waals surface area (Å²) >= 11 is 0. The van der Waals surface area contributed by atoms with E-state index < -0.39 is 10.2 Å². The first-order chi connectivity index (χ1) is 9.87. The molecule has 0 radical (unpaired) electrons. The van der Waals surface area contributed by atoms with Gasteiger partial charge in [-0.3, -0.25) is 0 Å². The van der Waals surface area contributed by atoms with Crippen LogP contribution in [0, 0.1) is 0 Å². The van der Waals surface area contributed by atoms with Gasteiger partial charge in [-0.05, 0) is 32.4 Å². The second kappa shape index (κ2) is 6.44. The molecule has 0 aliphatic carbocycles. The quantitative estimate of drug-likeness (QED) is 0.895. The minimum atomic E-state index is -3.38. The molecule has 1 N–H and O–H groups in total. The van der Waals surface area contributed by atoms with Crippen molar-refractivity contribution in [1.29, 1.82) is 0 Å². The highest BCUT2D eigenvalue weighted by Gasteiger charge is 2.35. The van der Waals surface area contributed by atoms with Crippen molar-refractivity contribution < 1.29 is 8.42 Å².